The molecule has 0 radical (unpaired) electrons. The summed E-state index contributed by atoms with van der Waals surface area (Å²) in [5, 5.41) is 15.8. The van der Waals surface area contributed by atoms with E-state index in [2.05, 4.69) is 16.0 Å². The number of carboxylic acid groups (broad SMARTS) is 1. The van der Waals surface area contributed by atoms with Crippen molar-refractivity contribution >= 4 is 23.7 Å². The highest BCUT2D eigenvalue weighted by atomic mass is 16.4. The van der Waals surface area contributed by atoms with Crippen LogP contribution in [-0.4, -0.2) is 60.5 Å². The number of unbranched alkanes of at least 4 members (excludes halogenated alkanes) is 1. The lowest BCUT2D eigenvalue weighted by atomic mass is 10.1. The Labute approximate surface area is 134 Å². The number of nitrogens with two attached hydrogens (primary N) is 2. The lowest BCUT2D eigenvalue weighted by Crippen LogP contribution is -2.52. The van der Waals surface area contributed by atoms with Crippen LogP contribution in [0.2, 0.25) is 0 Å². The van der Waals surface area contributed by atoms with Gasteiger partial charge in [-0.15, -0.1) is 0 Å². The van der Waals surface area contributed by atoms with Gasteiger partial charge >= 0.3 is 5.97 Å². The number of amides is 3. The molecule has 0 aliphatic rings. The van der Waals surface area contributed by atoms with E-state index >= 15 is 0 Å². The molecule has 0 bridgehead atoms. The van der Waals surface area contributed by atoms with Gasteiger partial charge in [-0.05, 0) is 32.7 Å². The second-order valence-electron chi connectivity index (χ2n) is 4.95. The number of carboxylic acids is 1. The van der Waals surface area contributed by atoms with Crippen molar-refractivity contribution in [2.24, 2.45) is 11.5 Å². The van der Waals surface area contributed by atoms with Crippen LogP contribution in [0.5, 0.6) is 0 Å². The molecule has 0 rings (SSSR count). The van der Waals surface area contributed by atoms with Crippen molar-refractivity contribution in [3.8, 4) is 0 Å². The second kappa shape index (κ2) is 11.4. The largest absolute Gasteiger partial charge is 0.480 e. The molecule has 0 aromatic rings. The van der Waals surface area contributed by atoms with E-state index in [9.17, 15) is 19.2 Å². The summed E-state index contributed by atoms with van der Waals surface area (Å²) in [6.45, 7) is 1.20. The van der Waals surface area contributed by atoms with Gasteiger partial charge in [0.2, 0.25) is 17.7 Å². The summed E-state index contributed by atoms with van der Waals surface area (Å²) < 4.78 is 0. The van der Waals surface area contributed by atoms with Crippen LogP contribution in [0.25, 0.3) is 0 Å². The number of carbonyl (C=O) groups is 4. The Morgan fingerprint density at radius 1 is 1.04 bits per heavy atom. The van der Waals surface area contributed by atoms with E-state index in [0.717, 1.165) is 0 Å². The predicted molar refractivity (Wildman–Crippen MR) is 82.1 cm³/mol. The number of nitrogens with one attached hydrogen (secondary N) is 3. The Morgan fingerprint density at radius 3 is 2.22 bits per heavy atom. The van der Waals surface area contributed by atoms with Crippen LogP contribution in [0.15, 0.2) is 0 Å². The first-order chi connectivity index (χ1) is 10.8. The number of hydrogen-bond acceptors (Lipinski definition) is 6. The van der Waals surface area contributed by atoms with Crippen molar-refractivity contribution in [1.82, 2.24) is 16.0 Å². The van der Waals surface area contributed by atoms with Crippen LogP contribution in [0.3, 0.4) is 0 Å². The molecule has 2 unspecified atom stereocenters. The third-order valence-corrected chi connectivity index (χ3v) is 2.96. The molecule has 0 spiro atoms. The molecule has 2 atom stereocenters. The topological polar surface area (TPSA) is 177 Å². The quantitative estimate of drug-likeness (QED) is 0.222. The van der Waals surface area contributed by atoms with Crippen molar-refractivity contribution in [2.75, 3.05) is 19.6 Å². The molecular formula is C13H25N5O5. The number of carbonyl (C=O) groups excluding carboxylic acids is 3. The minimum absolute atomic E-state index is 0.246. The van der Waals surface area contributed by atoms with Crippen LogP contribution in [0, 0.1) is 0 Å². The monoisotopic (exact) mass is 331 g/mol. The van der Waals surface area contributed by atoms with Gasteiger partial charge in [0.1, 0.15) is 12.1 Å². The van der Waals surface area contributed by atoms with Gasteiger partial charge in [-0.25, -0.2) is 0 Å². The predicted octanol–water partition coefficient (Wildman–Crippen LogP) is -2.74. The van der Waals surface area contributed by atoms with Crippen LogP contribution < -0.4 is 27.4 Å². The average molecular weight is 331 g/mol. The Morgan fingerprint density at radius 2 is 1.70 bits per heavy atom. The third-order valence-electron chi connectivity index (χ3n) is 2.96. The van der Waals surface area contributed by atoms with Gasteiger partial charge in [-0.2, -0.15) is 0 Å². The molecular weight excluding hydrogens is 306 g/mol. The van der Waals surface area contributed by atoms with E-state index in [1.54, 1.807) is 0 Å². The van der Waals surface area contributed by atoms with Crippen LogP contribution >= 0.6 is 0 Å². The summed E-state index contributed by atoms with van der Waals surface area (Å²) in [5.41, 5.74) is 10.5. The maximum Gasteiger partial charge on any atom is 0.325 e. The number of hydrogen-bond donors (Lipinski definition) is 6. The van der Waals surface area contributed by atoms with Gasteiger partial charge in [-0.3, -0.25) is 19.2 Å². The first kappa shape index (κ1) is 20.8. The third kappa shape index (κ3) is 9.42. The fourth-order valence-corrected chi connectivity index (χ4v) is 1.63. The maximum absolute atomic E-state index is 12.1. The standard InChI is InChI=1S/C13H25N5O5/c1-8(13(22)23)17-12(21)9(4-2-3-5-14)18-11(20)7-16-10(19)6-15/h8-9H,2-7,14-15H2,1H3,(H,16,19)(H,17,21)(H,18,20)(H,22,23). The first-order valence-electron chi connectivity index (χ1n) is 7.31. The average Bonchev–Trinajstić information content (AvgIpc) is 2.51. The second-order valence-corrected chi connectivity index (χ2v) is 4.95. The molecule has 10 heteroatoms. The molecule has 0 aliphatic carbocycles. The Kier molecular flexibility index (Phi) is 10.3. The smallest absolute Gasteiger partial charge is 0.325 e. The Balaban J connectivity index is 4.59. The zero-order chi connectivity index (χ0) is 17.8. The highest BCUT2D eigenvalue weighted by Gasteiger charge is 2.23. The number of rotatable bonds is 11. The Bertz CT molecular complexity index is 429. The number of aliphatic carboxylic acids is 1. The van der Waals surface area contributed by atoms with Gasteiger partial charge in [0, 0.05) is 0 Å². The SMILES string of the molecule is CC(NC(=O)C(CCCCN)NC(=O)CNC(=O)CN)C(=O)O. The van der Waals surface area contributed by atoms with E-state index in [1.165, 1.54) is 6.92 Å². The summed E-state index contributed by atoms with van der Waals surface area (Å²) in [6, 6.07) is -1.97. The van der Waals surface area contributed by atoms with Gasteiger partial charge in [-0.1, -0.05) is 0 Å². The summed E-state index contributed by atoms with van der Waals surface area (Å²) in [4.78, 5) is 45.6. The lowest BCUT2D eigenvalue weighted by Gasteiger charge is -2.20. The molecule has 132 valence electrons. The van der Waals surface area contributed by atoms with E-state index in [-0.39, 0.29) is 13.1 Å². The molecule has 0 aromatic carbocycles. The van der Waals surface area contributed by atoms with E-state index in [4.69, 9.17) is 16.6 Å². The fourth-order valence-electron chi connectivity index (χ4n) is 1.63. The normalized spacial score (nSPS) is 12.8. The van der Waals surface area contributed by atoms with Crippen molar-refractivity contribution in [1.29, 1.82) is 0 Å². The summed E-state index contributed by atoms with van der Waals surface area (Å²) in [7, 11) is 0. The summed E-state index contributed by atoms with van der Waals surface area (Å²) in [6.07, 6.45) is 1.56. The van der Waals surface area contributed by atoms with E-state index < -0.39 is 35.8 Å². The molecule has 8 N–H and O–H groups in total. The van der Waals surface area contributed by atoms with Gasteiger partial charge < -0.3 is 32.5 Å². The van der Waals surface area contributed by atoms with Crippen molar-refractivity contribution in [3.05, 3.63) is 0 Å². The molecule has 0 aliphatic heterocycles. The van der Waals surface area contributed by atoms with E-state index in [0.29, 0.717) is 25.8 Å². The van der Waals surface area contributed by atoms with Crippen LogP contribution in [-0.2, 0) is 19.2 Å². The van der Waals surface area contributed by atoms with E-state index in [1.807, 2.05) is 0 Å². The first-order valence-corrected chi connectivity index (χ1v) is 7.31. The molecule has 0 aromatic heterocycles. The molecule has 3 amide bonds. The summed E-state index contributed by atoms with van der Waals surface area (Å²) >= 11 is 0. The lowest BCUT2D eigenvalue weighted by molar-refractivity contribution is -0.141. The fraction of sp³-hybridized carbons (Fsp3) is 0.692. The molecule has 0 saturated heterocycles. The van der Waals surface area contributed by atoms with Gasteiger partial charge in [0.25, 0.3) is 0 Å². The van der Waals surface area contributed by atoms with Gasteiger partial charge in [0.15, 0.2) is 0 Å². The van der Waals surface area contributed by atoms with Crippen molar-refractivity contribution < 1.29 is 24.3 Å². The van der Waals surface area contributed by atoms with Crippen molar-refractivity contribution in [2.45, 2.75) is 38.3 Å². The Hall–Kier alpha value is -2.20. The molecule has 0 heterocycles. The minimum atomic E-state index is -1.18. The zero-order valence-corrected chi connectivity index (χ0v) is 13.1. The van der Waals surface area contributed by atoms with Crippen LogP contribution in [0.4, 0.5) is 0 Å². The van der Waals surface area contributed by atoms with Crippen LogP contribution in [0.1, 0.15) is 26.2 Å². The highest BCUT2D eigenvalue weighted by molar-refractivity contribution is 5.91. The molecule has 0 saturated carbocycles. The highest BCUT2D eigenvalue weighted by Crippen LogP contribution is 2.01. The zero-order valence-electron chi connectivity index (χ0n) is 13.1. The van der Waals surface area contributed by atoms with Crippen molar-refractivity contribution in [3.63, 3.8) is 0 Å². The minimum Gasteiger partial charge on any atom is -0.480 e. The summed E-state index contributed by atoms with van der Waals surface area (Å²) in [5.74, 6) is -2.84. The van der Waals surface area contributed by atoms with Gasteiger partial charge in [0.05, 0.1) is 13.1 Å². The molecule has 0 fully saturated rings. The maximum atomic E-state index is 12.1. The molecule has 23 heavy (non-hydrogen) atoms. The molecule has 10 nitrogen and oxygen atoms in total.